The van der Waals surface area contributed by atoms with E-state index >= 15 is 0 Å². The minimum absolute atomic E-state index is 0.0256. The van der Waals surface area contributed by atoms with Crippen LogP contribution in [0.1, 0.15) is 12.8 Å². The normalized spacial score (nSPS) is 20.1. The summed E-state index contributed by atoms with van der Waals surface area (Å²) in [4.78, 5) is 32.3. The summed E-state index contributed by atoms with van der Waals surface area (Å²) >= 11 is 0. The zero-order valence-corrected chi connectivity index (χ0v) is 7.83. The molecule has 0 aliphatic carbocycles. The standard InChI is InChI=1S/C8H12N2O4/c1-14-8(13)7(12)9-4-5-2-3-6(11)10-5/h5H,2-4H2,1H3,(H,9,12)(H,10,11). The highest BCUT2D eigenvalue weighted by molar-refractivity contribution is 6.32. The van der Waals surface area contributed by atoms with E-state index in [4.69, 9.17) is 0 Å². The van der Waals surface area contributed by atoms with Gasteiger partial charge < -0.3 is 15.4 Å². The van der Waals surface area contributed by atoms with Gasteiger partial charge in [0, 0.05) is 19.0 Å². The number of nitrogens with one attached hydrogen (secondary N) is 2. The van der Waals surface area contributed by atoms with Crippen LogP contribution in [0, 0.1) is 0 Å². The summed E-state index contributed by atoms with van der Waals surface area (Å²) in [5.41, 5.74) is 0. The fraction of sp³-hybridized carbons (Fsp3) is 0.625. The molecule has 1 aliphatic heterocycles. The molecule has 1 heterocycles. The summed E-state index contributed by atoms with van der Waals surface area (Å²) in [7, 11) is 1.14. The van der Waals surface area contributed by atoms with Gasteiger partial charge in [0.15, 0.2) is 0 Å². The van der Waals surface area contributed by atoms with E-state index in [1.807, 2.05) is 0 Å². The lowest BCUT2D eigenvalue weighted by Gasteiger charge is -2.09. The van der Waals surface area contributed by atoms with Gasteiger partial charge in [-0.25, -0.2) is 4.79 Å². The summed E-state index contributed by atoms with van der Waals surface area (Å²) in [6, 6.07) is -0.0730. The second kappa shape index (κ2) is 4.59. The van der Waals surface area contributed by atoms with Crippen LogP contribution in [-0.2, 0) is 19.1 Å². The molecule has 2 amide bonds. The van der Waals surface area contributed by atoms with Crippen molar-refractivity contribution in [2.24, 2.45) is 0 Å². The van der Waals surface area contributed by atoms with E-state index in [-0.39, 0.29) is 18.5 Å². The van der Waals surface area contributed by atoms with Gasteiger partial charge in [-0.15, -0.1) is 0 Å². The average molecular weight is 200 g/mol. The maximum atomic E-state index is 10.9. The average Bonchev–Trinajstić information content (AvgIpc) is 2.59. The van der Waals surface area contributed by atoms with Crippen LogP contribution in [-0.4, -0.2) is 37.5 Å². The molecule has 1 aliphatic rings. The Morgan fingerprint density at radius 3 is 2.86 bits per heavy atom. The van der Waals surface area contributed by atoms with Crippen molar-refractivity contribution in [3.05, 3.63) is 0 Å². The van der Waals surface area contributed by atoms with Gasteiger partial charge in [0.25, 0.3) is 0 Å². The summed E-state index contributed by atoms with van der Waals surface area (Å²) in [5.74, 6) is -1.73. The molecule has 6 nitrogen and oxygen atoms in total. The molecule has 1 fully saturated rings. The zero-order valence-electron chi connectivity index (χ0n) is 7.83. The van der Waals surface area contributed by atoms with Crippen molar-refractivity contribution < 1.29 is 19.1 Å². The van der Waals surface area contributed by atoms with Crippen LogP contribution in [0.15, 0.2) is 0 Å². The molecule has 0 aromatic heterocycles. The molecule has 78 valence electrons. The maximum absolute atomic E-state index is 10.9. The third kappa shape index (κ3) is 2.72. The summed E-state index contributed by atoms with van der Waals surface area (Å²) in [6.07, 6.45) is 1.15. The molecule has 0 aromatic carbocycles. The Balaban J connectivity index is 2.24. The smallest absolute Gasteiger partial charge is 0.396 e. The second-order valence-corrected chi connectivity index (χ2v) is 3.00. The van der Waals surface area contributed by atoms with Gasteiger partial charge in [-0.05, 0) is 6.42 Å². The van der Waals surface area contributed by atoms with Crippen molar-refractivity contribution in [3.63, 3.8) is 0 Å². The second-order valence-electron chi connectivity index (χ2n) is 3.00. The number of hydrogen-bond acceptors (Lipinski definition) is 4. The van der Waals surface area contributed by atoms with Crippen LogP contribution >= 0.6 is 0 Å². The quantitative estimate of drug-likeness (QED) is 0.422. The van der Waals surface area contributed by atoms with Gasteiger partial charge in [0.2, 0.25) is 5.91 Å². The van der Waals surface area contributed by atoms with Gasteiger partial charge in [0.1, 0.15) is 0 Å². The molecule has 0 aromatic rings. The number of esters is 1. The Hall–Kier alpha value is -1.59. The Morgan fingerprint density at radius 2 is 2.36 bits per heavy atom. The molecule has 0 spiro atoms. The topological polar surface area (TPSA) is 84.5 Å². The lowest BCUT2D eigenvalue weighted by Crippen LogP contribution is -2.41. The van der Waals surface area contributed by atoms with Crippen LogP contribution in [0.3, 0.4) is 0 Å². The van der Waals surface area contributed by atoms with Crippen LogP contribution in [0.4, 0.5) is 0 Å². The van der Waals surface area contributed by atoms with Crippen molar-refractivity contribution in [2.75, 3.05) is 13.7 Å². The van der Waals surface area contributed by atoms with E-state index in [1.54, 1.807) is 0 Å². The van der Waals surface area contributed by atoms with Gasteiger partial charge >= 0.3 is 11.9 Å². The third-order valence-electron chi connectivity index (χ3n) is 1.96. The number of carbonyl (C=O) groups excluding carboxylic acids is 3. The number of hydrogen-bond donors (Lipinski definition) is 2. The lowest BCUT2D eigenvalue weighted by molar-refractivity contribution is -0.152. The Kier molecular flexibility index (Phi) is 3.44. The van der Waals surface area contributed by atoms with E-state index < -0.39 is 11.9 Å². The summed E-state index contributed by atoms with van der Waals surface area (Å²) in [6.45, 7) is 0.264. The number of methoxy groups -OCH3 is 1. The molecule has 0 radical (unpaired) electrons. The molecule has 2 N–H and O–H groups in total. The molecule has 1 atom stereocenters. The lowest BCUT2D eigenvalue weighted by atomic mass is 10.2. The van der Waals surface area contributed by atoms with Crippen LogP contribution in [0.5, 0.6) is 0 Å². The Morgan fingerprint density at radius 1 is 1.64 bits per heavy atom. The molecule has 0 bridgehead atoms. The van der Waals surface area contributed by atoms with Crippen molar-refractivity contribution in [3.8, 4) is 0 Å². The Labute approximate surface area is 81.0 Å². The van der Waals surface area contributed by atoms with Gasteiger partial charge in [-0.1, -0.05) is 0 Å². The first-order valence-corrected chi connectivity index (χ1v) is 4.29. The minimum Gasteiger partial charge on any atom is -0.462 e. The fourth-order valence-electron chi connectivity index (χ4n) is 1.21. The highest BCUT2D eigenvalue weighted by atomic mass is 16.5. The summed E-state index contributed by atoms with van der Waals surface area (Å²) < 4.78 is 4.21. The van der Waals surface area contributed by atoms with Crippen LogP contribution in [0.25, 0.3) is 0 Å². The van der Waals surface area contributed by atoms with E-state index in [9.17, 15) is 14.4 Å². The molecule has 0 saturated carbocycles. The van der Waals surface area contributed by atoms with Crippen LogP contribution in [0.2, 0.25) is 0 Å². The number of ether oxygens (including phenoxy) is 1. The predicted octanol–water partition coefficient (Wildman–Crippen LogP) is -1.45. The van der Waals surface area contributed by atoms with Crippen molar-refractivity contribution >= 4 is 17.8 Å². The first-order chi connectivity index (χ1) is 6.63. The van der Waals surface area contributed by atoms with E-state index in [0.29, 0.717) is 12.8 Å². The van der Waals surface area contributed by atoms with Crippen molar-refractivity contribution in [2.45, 2.75) is 18.9 Å². The largest absolute Gasteiger partial charge is 0.462 e. The Bertz CT molecular complexity index is 264. The SMILES string of the molecule is COC(=O)C(=O)NCC1CCC(=O)N1. The first kappa shape index (κ1) is 10.5. The first-order valence-electron chi connectivity index (χ1n) is 4.29. The minimum atomic E-state index is -0.922. The van der Waals surface area contributed by atoms with Crippen LogP contribution < -0.4 is 10.6 Å². The third-order valence-corrected chi connectivity index (χ3v) is 1.96. The highest BCUT2D eigenvalue weighted by Crippen LogP contribution is 2.04. The van der Waals surface area contributed by atoms with Gasteiger partial charge in [0.05, 0.1) is 7.11 Å². The molecular formula is C8H12N2O4. The highest BCUT2D eigenvalue weighted by Gasteiger charge is 2.22. The van der Waals surface area contributed by atoms with E-state index in [0.717, 1.165) is 7.11 Å². The number of rotatable bonds is 2. The zero-order chi connectivity index (χ0) is 10.6. The monoisotopic (exact) mass is 200 g/mol. The van der Waals surface area contributed by atoms with Gasteiger partial charge in [-0.3, -0.25) is 9.59 Å². The van der Waals surface area contributed by atoms with E-state index in [1.165, 1.54) is 0 Å². The summed E-state index contributed by atoms with van der Waals surface area (Å²) in [5, 5.41) is 5.03. The van der Waals surface area contributed by atoms with Crippen molar-refractivity contribution in [1.82, 2.24) is 10.6 Å². The van der Waals surface area contributed by atoms with Gasteiger partial charge in [-0.2, -0.15) is 0 Å². The fourth-order valence-corrected chi connectivity index (χ4v) is 1.21. The molecule has 6 heteroatoms. The molecule has 1 rings (SSSR count). The maximum Gasteiger partial charge on any atom is 0.396 e. The molecule has 1 unspecified atom stereocenters. The predicted molar refractivity (Wildman–Crippen MR) is 46.2 cm³/mol. The number of amides is 2. The van der Waals surface area contributed by atoms with Crippen molar-refractivity contribution in [1.29, 1.82) is 0 Å². The molecule has 14 heavy (non-hydrogen) atoms. The molecular weight excluding hydrogens is 188 g/mol. The molecule has 1 saturated heterocycles. The van der Waals surface area contributed by atoms with E-state index in [2.05, 4.69) is 15.4 Å². The number of carbonyl (C=O) groups is 3.